The molecule has 1 N–H and O–H groups in total. The zero-order valence-electron chi connectivity index (χ0n) is 17.5. The van der Waals surface area contributed by atoms with E-state index in [0.717, 1.165) is 11.1 Å². The van der Waals surface area contributed by atoms with Gasteiger partial charge in [-0.2, -0.15) is 0 Å². The summed E-state index contributed by atoms with van der Waals surface area (Å²) in [5, 5.41) is 11.3. The predicted molar refractivity (Wildman–Crippen MR) is 131 cm³/mol. The van der Waals surface area contributed by atoms with Crippen LogP contribution in [-0.4, -0.2) is 45.8 Å². The van der Waals surface area contributed by atoms with E-state index >= 15 is 0 Å². The number of rotatable bonds is 8. The number of aromatic nitrogens is 3. The minimum absolute atomic E-state index is 0.0311. The van der Waals surface area contributed by atoms with E-state index in [2.05, 4.69) is 4.98 Å². The molecule has 0 amide bonds. The van der Waals surface area contributed by atoms with Gasteiger partial charge in [0, 0.05) is 42.5 Å². The van der Waals surface area contributed by atoms with Crippen molar-refractivity contribution in [1.29, 1.82) is 0 Å². The Balaban J connectivity index is 1.52. The van der Waals surface area contributed by atoms with Crippen LogP contribution in [0.15, 0.2) is 55.1 Å². The maximum atomic E-state index is 11.4. The van der Waals surface area contributed by atoms with Crippen molar-refractivity contribution in [3.8, 4) is 11.4 Å². The topological polar surface area (TPSA) is 80.5 Å². The Morgan fingerprint density at radius 2 is 2.00 bits per heavy atom. The van der Waals surface area contributed by atoms with E-state index in [1.165, 1.54) is 6.07 Å². The molecule has 7 nitrogen and oxygen atoms in total. The molecule has 33 heavy (non-hydrogen) atoms. The van der Waals surface area contributed by atoms with Crippen molar-refractivity contribution in [2.24, 2.45) is 0 Å². The van der Waals surface area contributed by atoms with Crippen LogP contribution in [0.2, 0.25) is 15.1 Å². The number of nitrogens with zero attached hydrogens (tertiary/aromatic N) is 4. The van der Waals surface area contributed by atoms with Crippen LogP contribution in [0.5, 0.6) is 5.75 Å². The highest BCUT2D eigenvalue weighted by Crippen LogP contribution is 2.34. The third-order valence-corrected chi connectivity index (χ3v) is 6.11. The predicted octanol–water partition coefficient (Wildman–Crippen LogP) is 5.98. The number of benzene rings is 2. The molecule has 0 radical (unpaired) electrons. The molecule has 2 aromatic heterocycles. The number of fused-ring (bicyclic) bond motifs is 1. The Morgan fingerprint density at radius 1 is 1.18 bits per heavy atom. The second-order valence-corrected chi connectivity index (χ2v) is 8.52. The molecule has 0 bridgehead atoms. The van der Waals surface area contributed by atoms with Crippen LogP contribution in [-0.2, 0) is 0 Å². The average Bonchev–Trinajstić information content (AvgIpc) is 3.34. The maximum absolute atomic E-state index is 11.4. The number of carboxylic acids is 1. The van der Waals surface area contributed by atoms with Crippen LogP contribution >= 0.6 is 34.8 Å². The molecule has 2 heterocycles. The molecule has 0 saturated carbocycles. The molecule has 0 aliphatic carbocycles. The van der Waals surface area contributed by atoms with Gasteiger partial charge in [-0.15, -0.1) is 0 Å². The number of ether oxygens (including phenoxy) is 1. The first-order chi connectivity index (χ1) is 15.8. The fraction of sp³-hybridized carbons (Fsp3) is 0.174. The Morgan fingerprint density at radius 3 is 2.73 bits per heavy atom. The monoisotopic (exact) mass is 504 g/mol. The summed E-state index contributed by atoms with van der Waals surface area (Å²) >= 11 is 18.6. The van der Waals surface area contributed by atoms with E-state index in [1.54, 1.807) is 30.7 Å². The van der Waals surface area contributed by atoms with Crippen molar-refractivity contribution in [1.82, 2.24) is 14.5 Å². The van der Waals surface area contributed by atoms with Crippen LogP contribution in [0.25, 0.3) is 16.6 Å². The number of hydrogen-bond acceptors (Lipinski definition) is 5. The summed E-state index contributed by atoms with van der Waals surface area (Å²) < 4.78 is 7.58. The molecule has 170 valence electrons. The normalized spacial score (nSPS) is 11.0. The lowest BCUT2D eigenvalue weighted by Gasteiger charge is -2.21. The second kappa shape index (κ2) is 9.87. The van der Waals surface area contributed by atoms with Gasteiger partial charge in [-0.25, -0.2) is 14.8 Å². The van der Waals surface area contributed by atoms with Gasteiger partial charge in [0.2, 0.25) is 0 Å². The van der Waals surface area contributed by atoms with Gasteiger partial charge >= 0.3 is 5.97 Å². The van der Waals surface area contributed by atoms with Crippen molar-refractivity contribution < 1.29 is 14.6 Å². The van der Waals surface area contributed by atoms with Crippen LogP contribution in [0.1, 0.15) is 16.8 Å². The van der Waals surface area contributed by atoms with Crippen molar-refractivity contribution in [3.05, 3.63) is 75.8 Å². The van der Waals surface area contributed by atoms with Gasteiger partial charge in [0.25, 0.3) is 0 Å². The van der Waals surface area contributed by atoms with Crippen molar-refractivity contribution >= 4 is 57.5 Å². The van der Waals surface area contributed by atoms with E-state index in [9.17, 15) is 9.90 Å². The minimum Gasteiger partial charge on any atom is -0.493 e. The number of anilines is 1. The molecule has 4 aromatic rings. The molecular weight excluding hydrogens is 487 g/mol. The number of aromatic carboxylic acids is 1. The van der Waals surface area contributed by atoms with Gasteiger partial charge in [-0.3, -0.25) is 0 Å². The maximum Gasteiger partial charge on any atom is 0.339 e. The molecule has 0 saturated heterocycles. The molecular formula is C23H19Cl3N4O3. The van der Waals surface area contributed by atoms with E-state index < -0.39 is 5.97 Å². The van der Waals surface area contributed by atoms with E-state index in [1.807, 2.05) is 34.8 Å². The molecule has 0 aliphatic rings. The zero-order chi connectivity index (χ0) is 23.5. The van der Waals surface area contributed by atoms with Crippen LogP contribution in [0.4, 0.5) is 5.82 Å². The van der Waals surface area contributed by atoms with Crippen molar-refractivity contribution in [2.75, 3.05) is 25.1 Å². The summed E-state index contributed by atoms with van der Waals surface area (Å²) in [7, 11) is 1.91. The van der Waals surface area contributed by atoms with Gasteiger partial charge in [-0.1, -0.05) is 34.8 Å². The molecule has 0 spiro atoms. The highest BCUT2D eigenvalue weighted by atomic mass is 35.5. The van der Waals surface area contributed by atoms with E-state index in [-0.39, 0.29) is 11.3 Å². The first kappa shape index (κ1) is 23.2. The largest absolute Gasteiger partial charge is 0.493 e. The average molecular weight is 506 g/mol. The van der Waals surface area contributed by atoms with Gasteiger partial charge in [-0.05, 0) is 36.8 Å². The second-order valence-electron chi connectivity index (χ2n) is 7.30. The number of halogens is 3. The van der Waals surface area contributed by atoms with E-state index in [0.29, 0.717) is 46.0 Å². The zero-order valence-corrected chi connectivity index (χ0v) is 19.8. The first-order valence-electron chi connectivity index (χ1n) is 9.99. The molecule has 0 unspecified atom stereocenters. The number of carbonyl (C=O) groups is 1. The summed E-state index contributed by atoms with van der Waals surface area (Å²) in [4.78, 5) is 22.2. The SMILES string of the molecule is CN(CCCOc1ccc(Cl)cc1C(=O)O)c1cc(-n2ccnc2)c2ccc(Cl)c(Cl)c2n1. The number of imidazole rings is 1. The third-order valence-electron chi connectivity index (χ3n) is 5.08. The molecule has 2 aromatic carbocycles. The summed E-state index contributed by atoms with van der Waals surface area (Å²) in [6, 6.07) is 10.1. The van der Waals surface area contributed by atoms with Crippen molar-refractivity contribution in [3.63, 3.8) is 0 Å². The summed E-state index contributed by atoms with van der Waals surface area (Å²) in [5.41, 5.74) is 1.51. The standard InChI is InChI=1S/C23H19Cl3N4O3/c1-29(8-2-10-33-19-6-3-14(24)11-16(19)23(31)32)20-12-18(30-9-7-27-13-30)15-4-5-17(25)21(26)22(15)28-20/h3-7,9,11-13H,2,8,10H2,1H3,(H,31,32). The molecule has 4 rings (SSSR count). The van der Waals surface area contributed by atoms with Crippen molar-refractivity contribution in [2.45, 2.75) is 6.42 Å². The number of hydrogen-bond donors (Lipinski definition) is 1. The Kier molecular flexibility index (Phi) is 6.93. The molecule has 0 atom stereocenters. The van der Waals surface area contributed by atoms with E-state index in [4.69, 9.17) is 44.5 Å². The highest BCUT2D eigenvalue weighted by molar-refractivity contribution is 6.45. The summed E-state index contributed by atoms with van der Waals surface area (Å²) in [5.74, 6) is -0.108. The van der Waals surface area contributed by atoms with Crippen LogP contribution in [0, 0.1) is 0 Å². The summed E-state index contributed by atoms with van der Waals surface area (Å²) in [6.07, 6.45) is 5.89. The molecule has 0 aliphatic heterocycles. The fourth-order valence-corrected chi connectivity index (χ4v) is 3.94. The lowest BCUT2D eigenvalue weighted by molar-refractivity contribution is 0.0692. The smallest absolute Gasteiger partial charge is 0.339 e. The lowest BCUT2D eigenvalue weighted by Crippen LogP contribution is -2.22. The minimum atomic E-state index is -1.09. The Labute approximate surface area is 205 Å². The van der Waals surface area contributed by atoms with Gasteiger partial charge in [0.1, 0.15) is 17.1 Å². The first-order valence-corrected chi connectivity index (χ1v) is 11.1. The highest BCUT2D eigenvalue weighted by Gasteiger charge is 2.15. The quantitative estimate of drug-likeness (QED) is 0.297. The molecule has 0 fully saturated rings. The van der Waals surface area contributed by atoms with Crippen LogP contribution in [0.3, 0.4) is 0 Å². The van der Waals surface area contributed by atoms with Gasteiger partial charge < -0.3 is 19.3 Å². The Hall–Kier alpha value is -3.00. The lowest BCUT2D eigenvalue weighted by atomic mass is 10.1. The van der Waals surface area contributed by atoms with Gasteiger partial charge in [0.05, 0.1) is 34.2 Å². The Bertz CT molecular complexity index is 1310. The van der Waals surface area contributed by atoms with Crippen LogP contribution < -0.4 is 9.64 Å². The molecule has 10 heteroatoms. The fourth-order valence-electron chi connectivity index (χ4n) is 3.41. The third kappa shape index (κ3) is 5.00. The van der Waals surface area contributed by atoms with Gasteiger partial charge in [0.15, 0.2) is 0 Å². The number of carboxylic acid groups (broad SMARTS) is 1. The number of pyridine rings is 1. The summed E-state index contributed by atoms with van der Waals surface area (Å²) in [6.45, 7) is 0.927.